The van der Waals surface area contributed by atoms with Crippen molar-refractivity contribution in [1.29, 1.82) is 0 Å². The van der Waals surface area contributed by atoms with Crippen molar-refractivity contribution in [2.75, 3.05) is 18.0 Å². The molecule has 5 heteroatoms. The lowest BCUT2D eigenvalue weighted by molar-refractivity contribution is -0.126. The highest BCUT2D eigenvalue weighted by Gasteiger charge is 2.29. The van der Waals surface area contributed by atoms with Crippen LogP contribution in [0.15, 0.2) is 24.3 Å². The van der Waals surface area contributed by atoms with Crippen LogP contribution in [0.2, 0.25) is 0 Å². The Labute approximate surface area is 187 Å². The lowest BCUT2D eigenvalue weighted by Gasteiger charge is -2.30. The van der Waals surface area contributed by atoms with Gasteiger partial charge in [0.1, 0.15) is 0 Å². The second-order valence-corrected chi connectivity index (χ2v) is 9.99. The number of fused-ring (bicyclic) bond motifs is 1. The Morgan fingerprint density at radius 2 is 1.74 bits per heavy atom. The van der Waals surface area contributed by atoms with Gasteiger partial charge in [-0.3, -0.25) is 9.59 Å². The summed E-state index contributed by atoms with van der Waals surface area (Å²) in [4.78, 5) is 27.5. The molecule has 3 aliphatic rings. The van der Waals surface area contributed by atoms with Gasteiger partial charge in [-0.2, -0.15) is 0 Å². The predicted octanol–water partition coefficient (Wildman–Crippen LogP) is 4.20. The van der Waals surface area contributed by atoms with Gasteiger partial charge in [0.25, 0.3) is 0 Å². The van der Waals surface area contributed by atoms with Crippen molar-refractivity contribution in [2.24, 2.45) is 11.8 Å². The monoisotopic (exact) mass is 425 g/mol. The highest BCUT2D eigenvalue weighted by atomic mass is 16.2. The van der Waals surface area contributed by atoms with Gasteiger partial charge >= 0.3 is 0 Å². The standard InChI is InChI=1S/C26H39N3O2/c1-19-17-22-9-5-6-10-24(22)29(19)16-15-27-26(31)21-11-13-23(14-12-21)28-25(30)18-20-7-3-2-4-8-20/h5-6,9-10,19-21,23H,2-4,7-8,11-18H2,1H3,(H,27,31)(H,28,30). The minimum absolute atomic E-state index is 0.0924. The van der Waals surface area contributed by atoms with Crippen LogP contribution in [0.4, 0.5) is 5.69 Å². The highest BCUT2D eigenvalue weighted by Crippen LogP contribution is 2.31. The van der Waals surface area contributed by atoms with E-state index in [1.807, 2.05) is 0 Å². The first-order valence-corrected chi connectivity index (χ1v) is 12.5. The molecule has 4 rings (SSSR count). The number of hydrogen-bond donors (Lipinski definition) is 2. The lowest BCUT2D eigenvalue weighted by atomic mass is 9.84. The molecule has 1 aromatic rings. The molecular formula is C26H39N3O2. The summed E-state index contributed by atoms with van der Waals surface area (Å²) in [6, 6.07) is 9.32. The zero-order valence-corrected chi connectivity index (χ0v) is 19.1. The van der Waals surface area contributed by atoms with Crippen LogP contribution in [-0.2, 0) is 16.0 Å². The maximum absolute atomic E-state index is 12.7. The van der Waals surface area contributed by atoms with Gasteiger partial charge in [-0.1, -0.05) is 37.5 Å². The van der Waals surface area contributed by atoms with E-state index in [4.69, 9.17) is 0 Å². The summed E-state index contributed by atoms with van der Waals surface area (Å²) >= 11 is 0. The second kappa shape index (κ2) is 10.5. The molecule has 5 nitrogen and oxygen atoms in total. The number of benzene rings is 1. The van der Waals surface area contributed by atoms with Crippen LogP contribution in [0.1, 0.15) is 76.7 Å². The van der Waals surface area contributed by atoms with Crippen LogP contribution < -0.4 is 15.5 Å². The number of carbonyl (C=O) groups excluding carboxylic acids is 2. The largest absolute Gasteiger partial charge is 0.367 e. The molecule has 0 radical (unpaired) electrons. The molecule has 1 aliphatic heterocycles. The van der Waals surface area contributed by atoms with Gasteiger partial charge < -0.3 is 15.5 Å². The van der Waals surface area contributed by atoms with Gasteiger partial charge in [0.15, 0.2) is 0 Å². The Morgan fingerprint density at radius 3 is 2.52 bits per heavy atom. The zero-order chi connectivity index (χ0) is 21.6. The Morgan fingerprint density at radius 1 is 1.00 bits per heavy atom. The Bertz CT molecular complexity index is 751. The molecule has 0 saturated heterocycles. The van der Waals surface area contributed by atoms with E-state index in [9.17, 15) is 9.59 Å². The van der Waals surface area contributed by atoms with Crippen molar-refractivity contribution in [2.45, 2.75) is 89.6 Å². The van der Waals surface area contributed by atoms with Crippen molar-refractivity contribution in [1.82, 2.24) is 10.6 Å². The first-order chi connectivity index (χ1) is 15.1. The van der Waals surface area contributed by atoms with E-state index in [1.165, 1.54) is 43.4 Å². The molecule has 1 unspecified atom stereocenters. The van der Waals surface area contributed by atoms with Crippen molar-refractivity contribution < 1.29 is 9.59 Å². The van der Waals surface area contributed by atoms with Gasteiger partial charge in [-0.05, 0) is 69.4 Å². The van der Waals surface area contributed by atoms with E-state index in [-0.39, 0.29) is 23.8 Å². The summed E-state index contributed by atoms with van der Waals surface area (Å²) in [5, 5.41) is 6.42. The third kappa shape index (κ3) is 5.81. The van der Waals surface area contributed by atoms with Gasteiger partial charge in [-0.25, -0.2) is 0 Å². The molecule has 2 N–H and O–H groups in total. The molecule has 1 aromatic carbocycles. The van der Waals surface area contributed by atoms with Crippen LogP contribution in [0.25, 0.3) is 0 Å². The van der Waals surface area contributed by atoms with Crippen molar-refractivity contribution in [3.8, 4) is 0 Å². The van der Waals surface area contributed by atoms with E-state index in [0.717, 1.165) is 38.6 Å². The summed E-state index contributed by atoms with van der Waals surface area (Å²) in [5.74, 6) is 1.09. The third-order valence-electron chi connectivity index (χ3n) is 7.66. The Balaban J connectivity index is 1.14. The minimum Gasteiger partial charge on any atom is -0.367 e. The van der Waals surface area contributed by atoms with Crippen LogP contribution >= 0.6 is 0 Å². The molecule has 2 aliphatic carbocycles. The molecule has 1 atom stereocenters. The molecular weight excluding hydrogens is 386 g/mol. The average Bonchev–Trinajstić information content (AvgIpc) is 3.10. The highest BCUT2D eigenvalue weighted by molar-refractivity contribution is 5.79. The smallest absolute Gasteiger partial charge is 0.223 e. The van der Waals surface area contributed by atoms with Gasteiger partial charge in [0.2, 0.25) is 11.8 Å². The maximum Gasteiger partial charge on any atom is 0.223 e. The molecule has 0 bridgehead atoms. The lowest BCUT2D eigenvalue weighted by Crippen LogP contribution is -2.43. The fourth-order valence-corrected chi connectivity index (χ4v) is 5.85. The molecule has 170 valence electrons. The molecule has 1 heterocycles. The molecule has 2 fully saturated rings. The quantitative estimate of drug-likeness (QED) is 0.688. The number of para-hydroxylation sites is 1. The van der Waals surface area contributed by atoms with E-state index in [2.05, 4.69) is 46.7 Å². The predicted molar refractivity (Wildman–Crippen MR) is 125 cm³/mol. The fraction of sp³-hybridized carbons (Fsp3) is 0.692. The van der Waals surface area contributed by atoms with Crippen LogP contribution in [0.5, 0.6) is 0 Å². The Hall–Kier alpha value is -2.04. The van der Waals surface area contributed by atoms with Crippen LogP contribution in [0, 0.1) is 11.8 Å². The fourth-order valence-electron chi connectivity index (χ4n) is 5.85. The van der Waals surface area contributed by atoms with Crippen molar-refractivity contribution in [3.63, 3.8) is 0 Å². The topological polar surface area (TPSA) is 61.4 Å². The summed E-state index contributed by atoms with van der Waals surface area (Å²) in [7, 11) is 0. The van der Waals surface area contributed by atoms with Gasteiger partial charge in [0.05, 0.1) is 0 Å². The van der Waals surface area contributed by atoms with Crippen LogP contribution in [0.3, 0.4) is 0 Å². The van der Waals surface area contributed by atoms with Crippen molar-refractivity contribution in [3.05, 3.63) is 29.8 Å². The normalized spacial score (nSPS) is 26.4. The van der Waals surface area contributed by atoms with Crippen molar-refractivity contribution >= 4 is 17.5 Å². The maximum atomic E-state index is 12.7. The molecule has 2 amide bonds. The summed E-state index contributed by atoms with van der Waals surface area (Å²) in [6.45, 7) is 3.80. The zero-order valence-electron chi connectivity index (χ0n) is 19.1. The molecule has 0 spiro atoms. The summed E-state index contributed by atoms with van der Waals surface area (Å²) in [6.07, 6.45) is 11.7. The number of rotatable bonds is 7. The first kappa shape index (κ1) is 22.2. The first-order valence-electron chi connectivity index (χ1n) is 12.5. The van der Waals surface area contributed by atoms with E-state index < -0.39 is 0 Å². The van der Waals surface area contributed by atoms with E-state index in [1.54, 1.807) is 0 Å². The average molecular weight is 426 g/mol. The Kier molecular flexibility index (Phi) is 7.52. The number of nitrogens with zero attached hydrogens (tertiary/aromatic N) is 1. The second-order valence-electron chi connectivity index (χ2n) is 9.99. The summed E-state index contributed by atoms with van der Waals surface area (Å²) < 4.78 is 0. The number of amides is 2. The number of hydrogen-bond acceptors (Lipinski definition) is 3. The third-order valence-corrected chi connectivity index (χ3v) is 7.66. The summed E-state index contributed by atoms with van der Waals surface area (Å²) in [5.41, 5.74) is 2.72. The van der Waals surface area contributed by atoms with Crippen LogP contribution in [-0.4, -0.2) is 37.0 Å². The SMILES string of the molecule is CC1Cc2ccccc2N1CCNC(=O)C1CCC(NC(=O)CC2CCCCC2)CC1. The number of anilines is 1. The van der Waals surface area contributed by atoms with E-state index in [0.29, 0.717) is 24.9 Å². The number of nitrogens with one attached hydrogen (secondary N) is 2. The van der Waals surface area contributed by atoms with E-state index >= 15 is 0 Å². The number of carbonyl (C=O) groups is 2. The van der Waals surface area contributed by atoms with Gasteiger partial charge in [0, 0.05) is 43.2 Å². The van der Waals surface area contributed by atoms with Gasteiger partial charge in [-0.15, -0.1) is 0 Å². The molecule has 2 saturated carbocycles. The molecule has 31 heavy (non-hydrogen) atoms. The molecule has 0 aromatic heterocycles. The minimum atomic E-state index is 0.0924.